The third-order valence-corrected chi connectivity index (χ3v) is 4.27. The predicted octanol–water partition coefficient (Wildman–Crippen LogP) is 0.338. The molecule has 1 saturated heterocycles. The van der Waals surface area contributed by atoms with E-state index in [9.17, 15) is 9.59 Å². The molecule has 0 bridgehead atoms. The number of carbonyl (C=O) groups is 1. The summed E-state index contributed by atoms with van der Waals surface area (Å²) in [7, 11) is 0. The minimum absolute atomic E-state index is 0.0219. The molecule has 0 aliphatic carbocycles. The van der Waals surface area contributed by atoms with Gasteiger partial charge in [-0.2, -0.15) is 0 Å². The van der Waals surface area contributed by atoms with Crippen molar-refractivity contribution in [2.75, 3.05) is 32.7 Å². The summed E-state index contributed by atoms with van der Waals surface area (Å²) in [6.45, 7) is 7.02. The molecule has 1 aliphatic heterocycles. The Morgan fingerprint density at radius 1 is 1.22 bits per heavy atom. The zero-order valence-corrected chi connectivity index (χ0v) is 13.2. The smallest absolute Gasteiger partial charge is 0.255 e. The van der Waals surface area contributed by atoms with E-state index in [1.165, 1.54) is 12.3 Å². The summed E-state index contributed by atoms with van der Waals surface area (Å²) in [4.78, 5) is 34.4. The first-order valence-corrected chi connectivity index (χ1v) is 7.81. The molecular weight excluding hydrogens is 294 g/mol. The van der Waals surface area contributed by atoms with E-state index in [0.717, 1.165) is 32.0 Å². The van der Waals surface area contributed by atoms with Crippen LogP contribution in [0.2, 0.25) is 0 Å². The highest BCUT2D eigenvalue weighted by Gasteiger charge is 2.22. The summed E-state index contributed by atoms with van der Waals surface area (Å²) in [5, 5.41) is 0. The standard InChI is InChI=1S/C16H21N5O2/c1-13-17-4-5-20(13)9-6-19-7-10-21(11-8-19)16(23)14-2-3-15(22)18-12-14/h2-5,12H,6-11H2,1H3,(H,18,22). The van der Waals surface area contributed by atoms with Gasteiger partial charge in [-0.1, -0.05) is 0 Å². The van der Waals surface area contributed by atoms with Crippen molar-refractivity contribution in [2.24, 2.45) is 0 Å². The van der Waals surface area contributed by atoms with Crippen LogP contribution in [0.3, 0.4) is 0 Å². The van der Waals surface area contributed by atoms with Crippen LogP contribution in [0.5, 0.6) is 0 Å². The Morgan fingerprint density at radius 2 is 2.00 bits per heavy atom. The van der Waals surface area contributed by atoms with Crippen LogP contribution in [-0.2, 0) is 6.54 Å². The number of hydrogen-bond donors (Lipinski definition) is 1. The molecule has 7 heteroatoms. The van der Waals surface area contributed by atoms with Gasteiger partial charge >= 0.3 is 0 Å². The van der Waals surface area contributed by atoms with Gasteiger partial charge in [-0.05, 0) is 13.0 Å². The van der Waals surface area contributed by atoms with Crippen molar-refractivity contribution < 1.29 is 4.79 Å². The van der Waals surface area contributed by atoms with E-state index in [-0.39, 0.29) is 11.5 Å². The Morgan fingerprint density at radius 3 is 2.61 bits per heavy atom. The van der Waals surface area contributed by atoms with Gasteiger partial charge in [0.2, 0.25) is 5.56 Å². The maximum absolute atomic E-state index is 12.4. The fourth-order valence-corrected chi connectivity index (χ4v) is 2.79. The molecule has 0 spiro atoms. The lowest BCUT2D eigenvalue weighted by molar-refractivity contribution is 0.0632. The molecule has 7 nitrogen and oxygen atoms in total. The number of H-pyrrole nitrogens is 1. The average Bonchev–Trinajstić information content (AvgIpc) is 2.99. The topological polar surface area (TPSA) is 74.2 Å². The molecule has 3 heterocycles. The average molecular weight is 315 g/mol. The summed E-state index contributed by atoms with van der Waals surface area (Å²) in [6.07, 6.45) is 5.29. The molecule has 0 aromatic carbocycles. The van der Waals surface area contributed by atoms with Crippen molar-refractivity contribution in [3.05, 3.63) is 52.5 Å². The van der Waals surface area contributed by atoms with E-state index in [2.05, 4.69) is 19.4 Å². The van der Waals surface area contributed by atoms with E-state index in [0.29, 0.717) is 18.7 Å². The SMILES string of the molecule is Cc1nccn1CCN1CCN(C(=O)c2ccc(=O)[nH]c2)CC1. The molecule has 1 aliphatic rings. The highest BCUT2D eigenvalue weighted by Crippen LogP contribution is 2.08. The molecule has 122 valence electrons. The Kier molecular flexibility index (Phi) is 4.57. The van der Waals surface area contributed by atoms with Crippen LogP contribution in [0.4, 0.5) is 0 Å². The zero-order chi connectivity index (χ0) is 16.2. The highest BCUT2D eigenvalue weighted by atomic mass is 16.2. The number of aryl methyl sites for hydroxylation is 1. The van der Waals surface area contributed by atoms with E-state index in [1.54, 1.807) is 6.07 Å². The van der Waals surface area contributed by atoms with Crippen molar-refractivity contribution in [3.8, 4) is 0 Å². The second-order valence-corrected chi connectivity index (χ2v) is 5.74. The molecule has 3 rings (SSSR count). The number of nitrogens with one attached hydrogen (secondary N) is 1. The third kappa shape index (κ3) is 3.68. The van der Waals surface area contributed by atoms with Gasteiger partial charge in [0.05, 0.1) is 5.56 Å². The highest BCUT2D eigenvalue weighted by molar-refractivity contribution is 5.93. The van der Waals surface area contributed by atoms with Gasteiger partial charge in [0.1, 0.15) is 5.82 Å². The van der Waals surface area contributed by atoms with Gasteiger partial charge in [0.25, 0.3) is 5.91 Å². The second-order valence-electron chi connectivity index (χ2n) is 5.74. The zero-order valence-electron chi connectivity index (χ0n) is 13.2. The number of hydrogen-bond acceptors (Lipinski definition) is 4. The van der Waals surface area contributed by atoms with Gasteiger partial charge in [0.15, 0.2) is 0 Å². The number of aromatic amines is 1. The lowest BCUT2D eigenvalue weighted by Crippen LogP contribution is -2.49. The number of piperazine rings is 1. The predicted molar refractivity (Wildman–Crippen MR) is 86.4 cm³/mol. The van der Waals surface area contributed by atoms with Crippen molar-refractivity contribution in [1.82, 2.24) is 24.3 Å². The monoisotopic (exact) mass is 315 g/mol. The van der Waals surface area contributed by atoms with Gasteiger partial charge in [-0.15, -0.1) is 0 Å². The Hall–Kier alpha value is -2.41. The molecule has 0 atom stereocenters. The summed E-state index contributed by atoms with van der Waals surface area (Å²) in [5.74, 6) is 1.00. The number of pyridine rings is 1. The van der Waals surface area contributed by atoms with Crippen molar-refractivity contribution in [3.63, 3.8) is 0 Å². The number of imidazole rings is 1. The van der Waals surface area contributed by atoms with Crippen LogP contribution in [0, 0.1) is 6.92 Å². The summed E-state index contributed by atoms with van der Waals surface area (Å²) < 4.78 is 2.14. The van der Waals surface area contributed by atoms with Crippen molar-refractivity contribution >= 4 is 5.91 Å². The van der Waals surface area contributed by atoms with Crippen molar-refractivity contribution in [2.45, 2.75) is 13.5 Å². The van der Waals surface area contributed by atoms with Gasteiger partial charge < -0.3 is 14.5 Å². The largest absolute Gasteiger partial charge is 0.336 e. The molecule has 2 aromatic heterocycles. The number of rotatable bonds is 4. The number of amides is 1. The molecule has 0 unspecified atom stereocenters. The molecule has 1 fully saturated rings. The van der Waals surface area contributed by atoms with Crippen LogP contribution >= 0.6 is 0 Å². The molecular formula is C16H21N5O2. The summed E-state index contributed by atoms with van der Waals surface area (Å²) >= 11 is 0. The molecule has 1 N–H and O–H groups in total. The number of nitrogens with zero attached hydrogens (tertiary/aromatic N) is 4. The first kappa shape index (κ1) is 15.5. The van der Waals surface area contributed by atoms with E-state index in [4.69, 9.17) is 0 Å². The van der Waals surface area contributed by atoms with Crippen LogP contribution < -0.4 is 5.56 Å². The number of aromatic nitrogens is 3. The maximum atomic E-state index is 12.4. The molecule has 0 saturated carbocycles. The van der Waals surface area contributed by atoms with E-state index < -0.39 is 0 Å². The van der Waals surface area contributed by atoms with Crippen LogP contribution in [-0.4, -0.2) is 63.0 Å². The first-order valence-electron chi connectivity index (χ1n) is 7.81. The third-order valence-electron chi connectivity index (χ3n) is 4.27. The van der Waals surface area contributed by atoms with Gasteiger partial charge in [0, 0.05) is 63.9 Å². The number of carbonyl (C=O) groups excluding carboxylic acids is 1. The van der Waals surface area contributed by atoms with Crippen LogP contribution in [0.1, 0.15) is 16.2 Å². The Labute approximate surface area is 134 Å². The lowest BCUT2D eigenvalue weighted by Gasteiger charge is -2.34. The van der Waals surface area contributed by atoms with Crippen LogP contribution in [0.15, 0.2) is 35.5 Å². The fourth-order valence-electron chi connectivity index (χ4n) is 2.79. The van der Waals surface area contributed by atoms with Crippen molar-refractivity contribution in [1.29, 1.82) is 0 Å². The lowest BCUT2D eigenvalue weighted by atomic mass is 10.2. The minimum atomic E-state index is -0.193. The quantitative estimate of drug-likeness (QED) is 0.883. The minimum Gasteiger partial charge on any atom is -0.336 e. The fraction of sp³-hybridized carbons (Fsp3) is 0.438. The second kappa shape index (κ2) is 6.78. The Balaban J connectivity index is 1.50. The first-order chi connectivity index (χ1) is 11.1. The maximum Gasteiger partial charge on any atom is 0.255 e. The Bertz CT molecular complexity index is 708. The molecule has 2 aromatic rings. The van der Waals surface area contributed by atoms with E-state index in [1.807, 2.05) is 24.2 Å². The molecule has 1 amide bonds. The van der Waals surface area contributed by atoms with Gasteiger partial charge in [-0.3, -0.25) is 14.5 Å². The summed E-state index contributed by atoms with van der Waals surface area (Å²) in [5.41, 5.74) is 0.341. The van der Waals surface area contributed by atoms with Gasteiger partial charge in [-0.25, -0.2) is 4.98 Å². The summed E-state index contributed by atoms with van der Waals surface area (Å²) in [6, 6.07) is 2.96. The normalized spacial score (nSPS) is 15.8. The molecule has 23 heavy (non-hydrogen) atoms. The van der Waals surface area contributed by atoms with E-state index >= 15 is 0 Å². The van der Waals surface area contributed by atoms with Crippen LogP contribution in [0.25, 0.3) is 0 Å². The molecule has 0 radical (unpaired) electrons.